The number of rotatable bonds is 5. The standard InChI is InChI=1S/C12H17IO2/c1-3-10(13)6-4-9-5-7-11(14)12(8-9)15-2/h5,7-8,10,14H,3-4,6H2,1-2H3. The van der Waals surface area contributed by atoms with Gasteiger partial charge in [0, 0.05) is 3.92 Å². The number of aromatic hydroxyl groups is 1. The van der Waals surface area contributed by atoms with E-state index in [4.69, 9.17) is 4.74 Å². The number of phenols is 1. The van der Waals surface area contributed by atoms with Crippen molar-refractivity contribution in [2.75, 3.05) is 7.11 Å². The first-order valence-corrected chi connectivity index (χ1v) is 6.42. The van der Waals surface area contributed by atoms with Gasteiger partial charge in [-0.3, -0.25) is 0 Å². The summed E-state index contributed by atoms with van der Waals surface area (Å²) >= 11 is 2.48. The van der Waals surface area contributed by atoms with Crippen molar-refractivity contribution >= 4 is 22.6 Å². The smallest absolute Gasteiger partial charge is 0.160 e. The molecule has 0 saturated heterocycles. The Morgan fingerprint density at radius 2 is 2.20 bits per heavy atom. The van der Waals surface area contributed by atoms with Gasteiger partial charge in [0.2, 0.25) is 0 Å². The lowest BCUT2D eigenvalue weighted by Gasteiger charge is -2.08. The number of alkyl halides is 1. The summed E-state index contributed by atoms with van der Waals surface area (Å²) in [4.78, 5) is 0. The Balaban J connectivity index is 2.62. The summed E-state index contributed by atoms with van der Waals surface area (Å²) in [5.41, 5.74) is 1.22. The van der Waals surface area contributed by atoms with Crippen LogP contribution >= 0.6 is 22.6 Å². The molecule has 1 atom stereocenters. The molecule has 1 N–H and O–H groups in total. The van der Waals surface area contributed by atoms with Crippen LogP contribution < -0.4 is 4.74 Å². The molecule has 0 bridgehead atoms. The fraction of sp³-hybridized carbons (Fsp3) is 0.500. The van der Waals surface area contributed by atoms with Gasteiger partial charge in [-0.05, 0) is 37.0 Å². The van der Waals surface area contributed by atoms with Crippen molar-refractivity contribution in [3.05, 3.63) is 23.8 Å². The van der Waals surface area contributed by atoms with Crippen molar-refractivity contribution in [1.82, 2.24) is 0 Å². The highest BCUT2D eigenvalue weighted by molar-refractivity contribution is 14.1. The molecule has 84 valence electrons. The van der Waals surface area contributed by atoms with Crippen LogP contribution in [-0.4, -0.2) is 16.1 Å². The van der Waals surface area contributed by atoms with Crippen molar-refractivity contribution < 1.29 is 9.84 Å². The number of methoxy groups -OCH3 is 1. The van der Waals surface area contributed by atoms with Gasteiger partial charge in [-0.1, -0.05) is 35.6 Å². The predicted octanol–water partition coefficient (Wildman–Crippen LogP) is 3.55. The summed E-state index contributed by atoms with van der Waals surface area (Å²) in [6.07, 6.45) is 3.42. The van der Waals surface area contributed by atoms with E-state index in [1.54, 1.807) is 13.2 Å². The van der Waals surface area contributed by atoms with Gasteiger partial charge in [0.1, 0.15) is 0 Å². The van der Waals surface area contributed by atoms with Gasteiger partial charge < -0.3 is 9.84 Å². The minimum atomic E-state index is 0.211. The normalized spacial score (nSPS) is 12.5. The van der Waals surface area contributed by atoms with Crippen LogP contribution in [0.3, 0.4) is 0 Å². The zero-order chi connectivity index (χ0) is 11.3. The number of phenolic OH excluding ortho intramolecular Hbond substituents is 1. The van der Waals surface area contributed by atoms with Crippen LogP contribution in [0.1, 0.15) is 25.3 Å². The fourth-order valence-electron chi connectivity index (χ4n) is 1.40. The molecular weight excluding hydrogens is 303 g/mol. The van der Waals surface area contributed by atoms with Crippen molar-refractivity contribution in [3.8, 4) is 11.5 Å². The predicted molar refractivity (Wildman–Crippen MR) is 71.1 cm³/mol. The quantitative estimate of drug-likeness (QED) is 0.664. The molecule has 0 radical (unpaired) electrons. The van der Waals surface area contributed by atoms with Gasteiger partial charge in [0.25, 0.3) is 0 Å². The minimum Gasteiger partial charge on any atom is -0.504 e. The molecule has 3 heteroatoms. The number of ether oxygens (including phenoxy) is 1. The number of aryl methyl sites for hydroxylation is 1. The number of benzene rings is 1. The first-order chi connectivity index (χ1) is 7.17. The first-order valence-electron chi connectivity index (χ1n) is 5.17. The topological polar surface area (TPSA) is 29.5 Å². The molecule has 0 saturated carbocycles. The lowest BCUT2D eigenvalue weighted by Crippen LogP contribution is -1.98. The largest absolute Gasteiger partial charge is 0.504 e. The third kappa shape index (κ3) is 3.89. The molecule has 0 aliphatic rings. The van der Waals surface area contributed by atoms with E-state index in [9.17, 15) is 5.11 Å². The van der Waals surface area contributed by atoms with Crippen LogP contribution in [0, 0.1) is 0 Å². The van der Waals surface area contributed by atoms with Gasteiger partial charge >= 0.3 is 0 Å². The van der Waals surface area contributed by atoms with Gasteiger partial charge in [-0.2, -0.15) is 0 Å². The third-order valence-corrected chi connectivity index (χ3v) is 3.94. The number of hydrogen-bond donors (Lipinski definition) is 1. The van der Waals surface area contributed by atoms with Gasteiger partial charge in [0.05, 0.1) is 7.11 Å². The first kappa shape index (κ1) is 12.6. The SMILES string of the molecule is CCC(I)CCc1ccc(O)c(OC)c1. The zero-order valence-corrected chi connectivity index (χ0v) is 11.3. The second-order valence-corrected chi connectivity index (χ2v) is 5.31. The van der Waals surface area contributed by atoms with E-state index in [2.05, 4.69) is 29.5 Å². The van der Waals surface area contributed by atoms with E-state index in [0.29, 0.717) is 5.75 Å². The molecule has 0 fully saturated rings. The van der Waals surface area contributed by atoms with E-state index in [1.165, 1.54) is 18.4 Å². The van der Waals surface area contributed by atoms with E-state index in [-0.39, 0.29) is 5.75 Å². The Labute approximate surface area is 105 Å². The maximum Gasteiger partial charge on any atom is 0.160 e. The van der Waals surface area contributed by atoms with Crippen LogP contribution in [0.25, 0.3) is 0 Å². The third-order valence-electron chi connectivity index (χ3n) is 2.43. The van der Waals surface area contributed by atoms with E-state index < -0.39 is 0 Å². The molecule has 1 aromatic carbocycles. The Morgan fingerprint density at radius 1 is 1.47 bits per heavy atom. The number of halogens is 1. The monoisotopic (exact) mass is 320 g/mol. The lowest BCUT2D eigenvalue weighted by molar-refractivity contribution is 0.373. The molecule has 1 aromatic rings. The summed E-state index contributed by atoms with van der Waals surface area (Å²) in [6.45, 7) is 2.20. The van der Waals surface area contributed by atoms with Crippen molar-refractivity contribution in [1.29, 1.82) is 0 Å². The zero-order valence-electron chi connectivity index (χ0n) is 9.16. The summed E-state index contributed by atoms with van der Waals surface area (Å²) in [7, 11) is 1.58. The maximum atomic E-state index is 9.43. The molecular formula is C12H17IO2. The maximum absolute atomic E-state index is 9.43. The molecule has 0 amide bonds. The fourth-order valence-corrected chi connectivity index (χ4v) is 1.72. The highest BCUT2D eigenvalue weighted by Crippen LogP contribution is 2.27. The molecule has 1 rings (SSSR count). The Morgan fingerprint density at radius 3 is 2.80 bits per heavy atom. The summed E-state index contributed by atoms with van der Waals surface area (Å²) in [6, 6.07) is 5.56. The second kappa shape index (κ2) is 6.20. The van der Waals surface area contributed by atoms with E-state index in [1.807, 2.05) is 12.1 Å². The van der Waals surface area contributed by atoms with Gasteiger partial charge in [-0.25, -0.2) is 0 Å². The van der Waals surface area contributed by atoms with Crippen LogP contribution in [0.5, 0.6) is 11.5 Å². The minimum absolute atomic E-state index is 0.211. The highest BCUT2D eigenvalue weighted by atomic mass is 127. The summed E-state index contributed by atoms with van der Waals surface area (Å²) in [5.74, 6) is 0.775. The Kier molecular flexibility index (Phi) is 5.22. The summed E-state index contributed by atoms with van der Waals surface area (Å²) in [5, 5.41) is 9.43. The van der Waals surface area contributed by atoms with Crippen LogP contribution in [0.2, 0.25) is 0 Å². The van der Waals surface area contributed by atoms with E-state index >= 15 is 0 Å². The molecule has 0 aliphatic heterocycles. The Hall–Kier alpha value is -0.450. The highest BCUT2D eigenvalue weighted by Gasteiger charge is 2.05. The lowest BCUT2D eigenvalue weighted by atomic mass is 10.1. The molecule has 1 unspecified atom stereocenters. The van der Waals surface area contributed by atoms with Crippen molar-refractivity contribution in [3.63, 3.8) is 0 Å². The van der Waals surface area contributed by atoms with E-state index in [0.717, 1.165) is 10.3 Å². The van der Waals surface area contributed by atoms with Crippen LogP contribution in [0.4, 0.5) is 0 Å². The summed E-state index contributed by atoms with van der Waals surface area (Å²) < 4.78 is 5.79. The molecule has 0 aliphatic carbocycles. The average molecular weight is 320 g/mol. The van der Waals surface area contributed by atoms with Crippen molar-refractivity contribution in [2.24, 2.45) is 0 Å². The van der Waals surface area contributed by atoms with Crippen LogP contribution in [0.15, 0.2) is 18.2 Å². The van der Waals surface area contributed by atoms with Crippen molar-refractivity contribution in [2.45, 2.75) is 30.1 Å². The molecule has 0 aromatic heterocycles. The van der Waals surface area contributed by atoms with Gasteiger partial charge in [-0.15, -0.1) is 0 Å². The molecule has 0 heterocycles. The van der Waals surface area contributed by atoms with Crippen LogP contribution in [-0.2, 0) is 6.42 Å². The molecule has 0 spiro atoms. The molecule has 2 nitrogen and oxygen atoms in total. The Bertz CT molecular complexity index is 312. The average Bonchev–Trinajstić information content (AvgIpc) is 2.27. The van der Waals surface area contributed by atoms with Gasteiger partial charge in [0.15, 0.2) is 11.5 Å². The number of hydrogen-bond acceptors (Lipinski definition) is 2. The second-order valence-electron chi connectivity index (χ2n) is 3.55. The molecule has 15 heavy (non-hydrogen) atoms.